The Morgan fingerprint density at radius 1 is 1.09 bits per heavy atom. The molecule has 1 saturated carbocycles. The highest BCUT2D eigenvalue weighted by molar-refractivity contribution is 7.12. The van der Waals surface area contributed by atoms with Crippen LogP contribution in [0.4, 0.5) is 5.69 Å². The first-order chi connectivity index (χ1) is 17.1. The van der Waals surface area contributed by atoms with Crippen LogP contribution in [-0.4, -0.2) is 35.3 Å². The normalized spacial score (nSPS) is 14.3. The summed E-state index contributed by atoms with van der Waals surface area (Å²) < 4.78 is 0. The highest BCUT2D eigenvalue weighted by Crippen LogP contribution is 2.31. The van der Waals surface area contributed by atoms with Crippen LogP contribution in [0.5, 0.6) is 0 Å². The topological polar surface area (TPSA) is 91.4 Å². The van der Waals surface area contributed by atoms with Crippen molar-refractivity contribution in [3.63, 3.8) is 0 Å². The monoisotopic (exact) mass is 490 g/mol. The average Bonchev–Trinajstić information content (AvgIpc) is 3.61. The zero-order valence-electron chi connectivity index (χ0n) is 19.8. The van der Waals surface area contributed by atoms with Crippen LogP contribution >= 0.6 is 11.3 Å². The average molecular weight is 491 g/mol. The molecule has 0 saturated heterocycles. The Kier molecular flexibility index (Phi) is 8.26. The second-order valence-electron chi connectivity index (χ2n) is 8.58. The number of para-hydroxylation sites is 1. The second kappa shape index (κ2) is 11.8. The van der Waals surface area contributed by atoms with E-state index in [9.17, 15) is 14.4 Å². The number of nitrogens with zero attached hydrogens (tertiary/aromatic N) is 2. The predicted octanol–water partition coefficient (Wildman–Crippen LogP) is 4.27. The fraction of sp³-hybridized carbons (Fsp3) is 0.333. The number of rotatable bonds is 9. The lowest BCUT2D eigenvalue weighted by atomic mass is 10.0. The molecular weight excluding hydrogens is 460 g/mol. The van der Waals surface area contributed by atoms with Crippen LogP contribution in [0.1, 0.15) is 59.4 Å². The maximum atomic E-state index is 13.8. The molecule has 8 heteroatoms. The molecule has 1 fully saturated rings. The summed E-state index contributed by atoms with van der Waals surface area (Å²) in [4.78, 5) is 46.3. The minimum atomic E-state index is -0.914. The van der Waals surface area contributed by atoms with Crippen molar-refractivity contribution in [2.45, 2.75) is 51.1 Å². The quantitative estimate of drug-likeness (QED) is 0.469. The van der Waals surface area contributed by atoms with Crippen LogP contribution in [0.3, 0.4) is 0 Å². The van der Waals surface area contributed by atoms with E-state index in [0.717, 1.165) is 31.2 Å². The van der Waals surface area contributed by atoms with Crippen molar-refractivity contribution in [1.82, 2.24) is 15.6 Å². The van der Waals surface area contributed by atoms with E-state index in [2.05, 4.69) is 15.6 Å². The number of carbonyl (C=O) groups is 3. The summed E-state index contributed by atoms with van der Waals surface area (Å²) in [5, 5.41) is 7.70. The molecule has 2 aromatic heterocycles. The Morgan fingerprint density at radius 2 is 1.89 bits per heavy atom. The van der Waals surface area contributed by atoms with Gasteiger partial charge in [-0.25, -0.2) is 0 Å². The summed E-state index contributed by atoms with van der Waals surface area (Å²) in [6.45, 7) is 1.78. The van der Waals surface area contributed by atoms with Crippen LogP contribution in [0.2, 0.25) is 0 Å². The molecule has 0 radical (unpaired) electrons. The molecule has 3 amide bonds. The molecule has 0 spiro atoms. The Balaban J connectivity index is 1.70. The first kappa shape index (κ1) is 24.6. The van der Waals surface area contributed by atoms with Gasteiger partial charge in [0.05, 0.1) is 11.4 Å². The Bertz CT molecular complexity index is 1140. The number of hydrogen-bond donors (Lipinski definition) is 2. The number of pyridine rings is 1. The third kappa shape index (κ3) is 5.95. The van der Waals surface area contributed by atoms with E-state index in [1.807, 2.05) is 42.6 Å². The first-order valence-corrected chi connectivity index (χ1v) is 12.9. The molecule has 7 nitrogen and oxygen atoms in total. The van der Waals surface area contributed by atoms with Gasteiger partial charge in [-0.2, -0.15) is 0 Å². The molecule has 1 aromatic carbocycles. The van der Waals surface area contributed by atoms with E-state index >= 15 is 0 Å². The summed E-state index contributed by atoms with van der Waals surface area (Å²) in [7, 11) is 0. The van der Waals surface area contributed by atoms with Gasteiger partial charge in [0.1, 0.15) is 6.04 Å². The zero-order valence-corrected chi connectivity index (χ0v) is 20.6. The third-order valence-electron chi connectivity index (χ3n) is 6.25. The van der Waals surface area contributed by atoms with E-state index in [0.29, 0.717) is 22.5 Å². The van der Waals surface area contributed by atoms with Gasteiger partial charge in [-0.3, -0.25) is 24.3 Å². The van der Waals surface area contributed by atoms with E-state index in [1.54, 1.807) is 30.6 Å². The van der Waals surface area contributed by atoms with Gasteiger partial charge in [0, 0.05) is 29.7 Å². The highest BCUT2D eigenvalue weighted by atomic mass is 32.1. The van der Waals surface area contributed by atoms with Crippen LogP contribution in [0.25, 0.3) is 0 Å². The minimum Gasteiger partial charge on any atom is -0.351 e. The minimum absolute atomic E-state index is 0.0959. The predicted molar refractivity (Wildman–Crippen MR) is 137 cm³/mol. The van der Waals surface area contributed by atoms with Gasteiger partial charge in [-0.15, -0.1) is 11.3 Å². The van der Waals surface area contributed by atoms with Crippen LogP contribution in [0.15, 0.2) is 66.3 Å². The molecule has 0 bridgehead atoms. The molecule has 2 N–H and O–H groups in total. The highest BCUT2D eigenvalue weighted by Gasteiger charge is 2.35. The van der Waals surface area contributed by atoms with Crippen LogP contribution < -0.4 is 15.5 Å². The lowest BCUT2D eigenvalue weighted by Crippen LogP contribution is -2.49. The van der Waals surface area contributed by atoms with Gasteiger partial charge in [-0.05, 0) is 48.4 Å². The SMILES string of the molecule is CCc1ccccc1N(C(=O)CNC(=O)c1cccs1)[C@H](C(=O)NC1CCCC1)c1cccnc1. The Labute approximate surface area is 209 Å². The number of amides is 3. The maximum absolute atomic E-state index is 13.8. The largest absolute Gasteiger partial charge is 0.351 e. The first-order valence-electron chi connectivity index (χ1n) is 12.0. The van der Waals surface area contributed by atoms with E-state index < -0.39 is 6.04 Å². The summed E-state index contributed by atoms with van der Waals surface area (Å²) in [6, 6.07) is 13.8. The molecule has 0 aliphatic heterocycles. The number of thiophene rings is 1. The smallest absolute Gasteiger partial charge is 0.261 e. The van der Waals surface area contributed by atoms with Crippen molar-refractivity contribution in [3.05, 3.63) is 82.3 Å². The van der Waals surface area contributed by atoms with E-state index in [1.165, 1.54) is 16.2 Å². The summed E-state index contributed by atoms with van der Waals surface area (Å²) in [5.41, 5.74) is 2.21. The lowest BCUT2D eigenvalue weighted by molar-refractivity contribution is -0.126. The molecular formula is C27H30N4O3S. The molecule has 4 rings (SSSR count). The number of aryl methyl sites for hydroxylation is 1. The van der Waals surface area contributed by atoms with Gasteiger partial charge < -0.3 is 10.6 Å². The molecule has 2 heterocycles. The van der Waals surface area contributed by atoms with Crippen LogP contribution in [-0.2, 0) is 16.0 Å². The van der Waals surface area contributed by atoms with Crippen molar-refractivity contribution in [2.75, 3.05) is 11.4 Å². The summed E-state index contributed by atoms with van der Waals surface area (Å²) in [6.07, 6.45) is 7.98. The number of nitrogens with one attached hydrogen (secondary N) is 2. The van der Waals surface area contributed by atoms with Crippen molar-refractivity contribution in [1.29, 1.82) is 0 Å². The third-order valence-corrected chi connectivity index (χ3v) is 7.12. The summed E-state index contributed by atoms with van der Waals surface area (Å²) >= 11 is 1.31. The number of anilines is 1. The van der Waals surface area contributed by atoms with Crippen molar-refractivity contribution in [2.24, 2.45) is 0 Å². The van der Waals surface area contributed by atoms with Gasteiger partial charge in [-0.1, -0.05) is 50.1 Å². The standard InChI is InChI=1S/C27H30N4O3S/c1-2-19-9-3-6-13-22(19)31(24(32)18-29-26(33)23-14-8-16-35-23)25(20-10-7-15-28-17-20)27(34)30-21-11-4-5-12-21/h3,6-10,13-17,21,25H,2,4-5,11-12,18H2,1H3,(H,29,33)(H,30,34)/t25-/m0/s1. The molecule has 1 aliphatic carbocycles. The van der Waals surface area contributed by atoms with Gasteiger partial charge >= 0.3 is 0 Å². The molecule has 182 valence electrons. The van der Waals surface area contributed by atoms with Gasteiger partial charge in [0.25, 0.3) is 5.91 Å². The van der Waals surface area contributed by atoms with Crippen molar-refractivity contribution >= 4 is 34.7 Å². The Morgan fingerprint density at radius 3 is 2.57 bits per heavy atom. The lowest BCUT2D eigenvalue weighted by Gasteiger charge is -2.33. The maximum Gasteiger partial charge on any atom is 0.261 e. The zero-order chi connectivity index (χ0) is 24.6. The number of benzene rings is 1. The van der Waals surface area contributed by atoms with Crippen molar-refractivity contribution < 1.29 is 14.4 Å². The molecule has 0 unspecified atom stereocenters. The van der Waals surface area contributed by atoms with Gasteiger partial charge in [0.2, 0.25) is 11.8 Å². The van der Waals surface area contributed by atoms with E-state index in [-0.39, 0.29) is 30.3 Å². The van der Waals surface area contributed by atoms with E-state index in [4.69, 9.17) is 0 Å². The fourth-order valence-corrected chi connectivity index (χ4v) is 5.14. The van der Waals surface area contributed by atoms with Crippen LogP contribution in [0, 0.1) is 0 Å². The number of carbonyl (C=O) groups excluding carboxylic acids is 3. The Hall–Kier alpha value is -3.52. The molecule has 3 aromatic rings. The van der Waals surface area contributed by atoms with Gasteiger partial charge in [0.15, 0.2) is 0 Å². The molecule has 35 heavy (non-hydrogen) atoms. The molecule has 1 aliphatic rings. The molecule has 1 atom stereocenters. The summed E-state index contributed by atoms with van der Waals surface area (Å²) in [5.74, 6) is -0.926. The second-order valence-corrected chi connectivity index (χ2v) is 9.53. The number of aromatic nitrogens is 1. The number of hydrogen-bond acceptors (Lipinski definition) is 5. The fourth-order valence-electron chi connectivity index (χ4n) is 4.50. The van der Waals surface area contributed by atoms with Crippen molar-refractivity contribution in [3.8, 4) is 0 Å².